The third-order valence-corrected chi connectivity index (χ3v) is 5.45. The van der Waals surface area contributed by atoms with E-state index in [1.807, 2.05) is 6.07 Å². The summed E-state index contributed by atoms with van der Waals surface area (Å²) in [5, 5.41) is 5.43. The smallest absolute Gasteiger partial charge is 0.319 e. The predicted molar refractivity (Wildman–Crippen MR) is 97.1 cm³/mol. The normalized spacial score (nSPS) is 29.7. The van der Waals surface area contributed by atoms with E-state index in [-0.39, 0.29) is 18.9 Å². The number of urea groups is 1. The number of hydrogen-bond donors (Lipinski definition) is 2. The Bertz CT molecular complexity index is 778. The maximum absolute atomic E-state index is 13.0. The van der Waals surface area contributed by atoms with E-state index < -0.39 is 18.0 Å². The summed E-state index contributed by atoms with van der Waals surface area (Å²) in [5.74, 6) is 0.718. The molecule has 2 aliphatic heterocycles. The molecule has 0 bridgehead atoms. The second-order valence-corrected chi connectivity index (χ2v) is 7.52. The van der Waals surface area contributed by atoms with Crippen LogP contribution in [-0.2, 0) is 9.53 Å². The summed E-state index contributed by atoms with van der Waals surface area (Å²) in [5.41, 5.74) is 1.09. The summed E-state index contributed by atoms with van der Waals surface area (Å²) >= 11 is 0. The molecule has 1 aromatic rings. The summed E-state index contributed by atoms with van der Waals surface area (Å²) in [6, 6.07) is 4.42. The topological polar surface area (TPSA) is 85.9 Å². The second-order valence-electron chi connectivity index (χ2n) is 7.52. The van der Waals surface area contributed by atoms with Crippen molar-refractivity contribution in [1.82, 2.24) is 10.6 Å². The van der Waals surface area contributed by atoms with Crippen molar-refractivity contribution in [3.63, 3.8) is 0 Å². The summed E-state index contributed by atoms with van der Waals surface area (Å²) in [7, 11) is 0. The fourth-order valence-corrected chi connectivity index (χ4v) is 4.07. The predicted octanol–water partition coefficient (Wildman–Crippen LogP) is 3.02. The minimum atomic E-state index is -0.708. The molecule has 0 aromatic heterocycles. The van der Waals surface area contributed by atoms with Gasteiger partial charge in [-0.1, -0.05) is 26.0 Å². The maximum Gasteiger partial charge on any atom is 0.319 e. The highest BCUT2D eigenvalue weighted by Crippen LogP contribution is 2.38. The molecule has 3 aliphatic rings. The molecule has 27 heavy (non-hydrogen) atoms. The molecule has 4 atom stereocenters. The van der Waals surface area contributed by atoms with E-state index in [0.29, 0.717) is 23.1 Å². The van der Waals surface area contributed by atoms with Crippen molar-refractivity contribution in [2.24, 2.45) is 11.8 Å². The van der Waals surface area contributed by atoms with Gasteiger partial charge in [0.25, 0.3) is 0 Å². The van der Waals surface area contributed by atoms with Gasteiger partial charge in [0.15, 0.2) is 11.5 Å². The molecule has 2 heterocycles. The van der Waals surface area contributed by atoms with Gasteiger partial charge in [-0.25, -0.2) is 4.79 Å². The van der Waals surface area contributed by atoms with Gasteiger partial charge in [-0.05, 0) is 42.9 Å². The van der Waals surface area contributed by atoms with E-state index in [2.05, 4.69) is 24.1 Å². The second kappa shape index (κ2) is 7.13. The van der Waals surface area contributed by atoms with Crippen molar-refractivity contribution in [1.29, 1.82) is 0 Å². The molecule has 1 aliphatic carbocycles. The highest BCUT2D eigenvalue weighted by molar-refractivity contribution is 5.85. The molecule has 2 amide bonds. The van der Waals surface area contributed by atoms with Crippen LogP contribution in [0.15, 0.2) is 30.5 Å². The van der Waals surface area contributed by atoms with Crippen molar-refractivity contribution in [2.45, 2.75) is 44.8 Å². The van der Waals surface area contributed by atoms with E-state index in [1.54, 1.807) is 12.1 Å². The number of hydrogen-bond acceptors (Lipinski definition) is 5. The Kier molecular flexibility index (Phi) is 4.68. The molecular weight excluding hydrogens is 348 g/mol. The van der Waals surface area contributed by atoms with Crippen molar-refractivity contribution >= 4 is 12.0 Å². The average molecular weight is 372 g/mol. The van der Waals surface area contributed by atoms with Gasteiger partial charge in [-0.2, -0.15) is 0 Å². The molecule has 144 valence electrons. The number of amides is 2. The Hall–Kier alpha value is -2.70. The molecule has 4 rings (SSSR count). The van der Waals surface area contributed by atoms with Crippen LogP contribution in [0.5, 0.6) is 11.5 Å². The Morgan fingerprint density at radius 1 is 1.26 bits per heavy atom. The summed E-state index contributed by atoms with van der Waals surface area (Å²) in [6.45, 7) is 6.23. The van der Waals surface area contributed by atoms with E-state index in [0.717, 1.165) is 24.8 Å². The highest BCUT2D eigenvalue weighted by atomic mass is 16.7. The van der Waals surface area contributed by atoms with Crippen LogP contribution in [0.2, 0.25) is 0 Å². The SMILES string of the molecule is C=C1NC(=O)N[C@H](c2ccc3c(c2)OCO3)[C@H]1C(=O)O[C@H]1CCC[C@@H](C)C1. The lowest BCUT2D eigenvalue weighted by atomic mass is 9.87. The minimum absolute atomic E-state index is 0.0796. The third kappa shape index (κ3) is 3.59. The number of ether oxygens (including phenoxy) is 3. The van der Waals surface area contributed by atoms with Crippen LogP contribution in [0.25, 0.3) is 0 Å². The van der Waals surface area contributed by atoms with Gasteiger partial charge in [-0.3, -0.25) is 4.79 Å². The molecule has 1 aromatic carbocycles. The van der Waals surface area contributed by atoms with Gasteiger partial charge in [0.2, 0.25) is 6.79 Å². The Labute approximate surface area is 158 Å². The van der Waals surface area contributed by atoms with Crippen molar-refractivity contribution in [3.8, 4) is 11.5 Å². The van der Waals surface area contributed by atoms with Gasteiger partial charge in [0.1, 0.15) is 12.0 Å². The Morgan fingerprint density at radius 2 is 2.07 bits per heavy atom. The number of carbonyl (C=O) groups excluding carboxylic acids is 2. The summed E-state index contributed by atoms with van der Waals surface area (Å²) in [4.78, 5) is 25.0. The molecular formula is C20H24N2O5. The first kappa shape index (κ1) is 17.7. The number of benzene rings is 1. The Balaban J connectivity index is 1.57. The minimum Gasteiger partial charge on any atom is -0.462 e. The summed E-state index contributed by atoms with van der Waals surface area (Å²) in [6.07, 6.45) is 3.90. The van der Waals surface area contributed by atoms with Crippen molar-refractivity contribution < 1.29 is 23.8 Å². The van der Waals surface area contributed by atoms with Crippen molar-refractivity contribution in [2.75, 3.05) is 6.79 Å². The zero-order valence-corrected chi connectivity index (χ0v) is 15.3. The lowest BCUT2D eigenvalue weighted by Gasteiger charge is -2.35. The molecule has 2 N–H and O–H groups in total. The van der Waals surface area contributed by atoms with Crippen LogP contribution in [0, 0.1) is 11.8 Å². The molecule has 1 saturated heterocycles. The van der Waals surface area contributed by atoms with E-state index in [1.165, 1.54) is 6.42 Å². The highest BCUT2D eigenvalue weighted by Gasteiger charge is 2.40. The average Bonchev–Trinajstić information content (AvgIpc) is 3.08. The lowest BCUT2D eigenvalue weighted by Crippen LogP contribution is -2.51. The fraction of sp³-hybridized carbons (Fsp3) is 0.500. The van der Waals surface area contributed by atoms with E-state index in [9.17, 15) is 9.59 Å². The maximum atomic E-state index is 13.0. The molecule has 7 heteroatoms. The summed E-state index contributed by atoms with van der Waals surface area (Å²) < 4.78 is 16.6. The Morgan fingerprint density at radius 3 is 2.89 bits per heavy atom. The van der Waals surface area contributed by atoms with E-state index in [4.69, 9.17) is 14.2 Å². The van der Waals surface area contributed by atoms with Gasteiger partial charge in [0.05, 0.1) is 6.04 Å². The van der Waals surface area contributed by atoms with Crippen LogP contribution in [0.4, 0.5) is 4.79 Å². The number of carbonyl (C=O) groups is 2. The molecule has 0 unspecified atom stereocenters. The lowest BCUT2D eigenvalue weighted by molar-refractivity contribution is -0.156. The van der Waals surface area contributed by atoms with Crippen molar-refractivity contribution in [3.05, 3.63) is 36.0 Å². The van der Waals surface area contributed by atoms with Gasteiger partial charge < -0.3 is 24.8 Å². The third-order valence-electron chi connectivity index (χ3n) is 5.45. The molecule has 1 saturated carbocycles. The van der Waals surface area contributed by atoms with Crippen LogP contribution < -0.4 is 20.1 Å². The van der Waals surface area contributed by atoms with Crippen LogP contribution >= 0.6 is 0 Å². The van der Waals surface area contributed by atoms with Gasteiger partial charge in [-0.15, -0.1) is 0 Å². The first-order valence-corrected chi connectivity index (χ1v) is 9.37. The molecule has 0 spiro atoms. The largest absolute Gasteiger partial charge is 0.462 e. The monoisotopic (exact) mass is 372 g/mol. The van der Waals surface area contributed by atoms with Crippen LogP contribution in [0.3, 0.4) is 0 Å². The van der Waals surface area contributed by atoms with E-state index >= 15 is 0 Å². The zero-order chi connectivity index (χ0) is 19.0. The molecule has 0 radical (unpaired) electrons. The number of esters is 1. The number of fused-ring (bicyclic) bond motifs is 1. The number of rotatable bonds is 3. The van der Waals surface area contributed by atoms with Crippen LogP contribution in [0.1, 0.15) is 44.2 Å². The molecule has 2 fully saturated rings. The first-order chi connectivity index (χ1) is 13.0. The number of nitrogens with one attached hydrogen (secondary N) is 2. The quantitative estimate of drug-likeness (QED) is 0.797. The fourth-order valence-electron chi connectivity index (χ4n) is 4.07. The van der Waals surface area contributed by atoms with Gasteiger partial charge >= 0.3 is 12.0 Å². The first-order valence-electron chi connectivity index (χ1n) is 9.37. The zero-order valence-electron chi connectivity index (χ0n) is 15.3. The standard InChI is InChI=1S/C20H24N2O5/c1-11-4-3-5-14(8-11)27-19(23)17-12(2)21-20(24)22-18(17)13-6-7-15-16(9-13)26-10-25-15/h6-7,9,11,14,17-18H,2-5,8,10H2,1H3,(H2,21,22,24)/t11-,14+,17+,18-/m1/s1. The van der Waals surface area contributed by atoms with Crippen LogP contribution in [-0.4, -0.2) is 24.9 Å². The molecule has 7 nitrogen and oxygen atoms in total. The van der Waals surface area contributed by atoms with Gasteiger partial charge in [0, 0.05) is 5.70 Å².